The lowest BCUT2D eigenvalue weighted by molar-refractivity contribution is 0.184. The number of thiocarbonyl (C=S) groups is 1. The number of aryl methyl sites for hydroxylation is 1. The molecule has 0 atom stereocenters. The molecule has 1 aromatic carbocycles. The van der Waals surface area contributed by atoms with Gasteiger partial charge in [0.2, 0.25) is 0 Å². The van der Waals surface area contributed by atoms with Crippen molar-refractivity contribution >= 4 is 17.2 Å². The van der Waals surface area contributed by atoms with Crippen molar-refractivity contribution < 1.29 is 4.74 Å². The van der Waals surface area contributed by atoms with E-state index >= 15 is 0 Å². The highest BCUT2D eigenvalue weighted by atomic mass is 32.1. The molecule has 0 saturated carbocycles. The van der Waals surface area contributed by atoms with E-state index in [1.807, 2.05) is 45.0 Å². The molecule has 0 aliphatic heterocycles. The summed E-state index contributed by atoms with van der Waals surface area (Å²) >= 11 is 4.92. The Hall–Kier alpha value is -1.09. The summed E-state index contributed by atoms with van der Waals surface area (Å²) in [5, 5.41) is 0. The third-order valence-corrected chi connectivity index (χ3v) is 2.45. The zero-order valence-electron chi connectivity index (χ0n) is 8.70. The third-order valence-electron chi connectivity index (χ3n) is 1.96. The lowest BCUT2D eigenvalue weighted by Crippen LogP contribution is -2.42. The molecule has 0 spiro atoms. The van der Waals surface area contributed by atoms with Gasteiger partial charge in [0.05, 0.1) is 0 Å². The zero-order valence-corrected chi connectivity index (χ0v) is 9.52. The maximum absolute atomic E-state index is 5.68. The first-order chi connectivity index (χ1) is 6.42. The fraction of sp³-hybridized carbons (Fsp3) is 0.364. The highest BCUT2D eigenvalue weighted by Crippen LogP contribution is 2.19. The fourth-order valence-corrected chi connectivity index (χ4v) is 1.07. The molecule has 0 bridgehead atoms. The molecule has 0 fully saturated rings. The highest BCUT2D eigenvalue weighted by molar-refractivity contribution is 7.80. The van der Waals surface area contributed by atoms with E-state index < -0.39 is 5.60 Å². The SMILES string of the molecule is Cc1cccc(OC(C)(C)C(N)=S)c1. The molecular formula is C11H15NOS. The molecule has 0 aromatic heterocycles. The van der Waals surface area contributed by atoms with Gasteiger partial charge in [0.25, 0.3) is 0 Å². The number of hydrogen-bond acceptors (Lipinski definition) is 2. The van der Waals surface area contributed by atoms with Gasteiger partial charge in [0, 0.05) is 0 Å². The van der Waals surface area contributed by atoms with Gasteiger partial charge in [0.1, 0.15) is 10.7 Å². The lowest BCUT2D eigenvalue weighted by Gasteiger charge is -2.25. The molecule has 1 rings (SSSR count). The van der Waals surface area contributed by atoms with Gasteiger partial charge in [-0.15, -0.1) is 0 Å². The molecule has 2 N–H and O–H groups in total. The van der Waals surface area contributed by atoms with Gasteiger partial charge in [-0.3, -0.25) is 0 Å². The number of rotatable bonds is 3. The summed E-state index contributed by atoms with van der Waals surface area (Å²) < 4.78 is 5.68. The summed E-state index contributed by atoms with van der Waals surface area (Å²) in [5.74, 6) is 0.794. The largest absolute Gasteiger partial charge is 0.481 e. The van der Waals surface area contributed by atoms with Crippen LogP contribution in [-0.4, -0.2) is 10.6 Å². The quantitative estimate of drug-likeness (QED) is 0.777. The van der Waals surface area contributed by atoms with Crippen LogP contribution in [0, 0.1) is 6.92 Å². The van der Waals surface area contributed by atoms with Crippen LogP contribution in [0.15, 0.2) is 24.3 Å². The molecule has 14 heavy (non-hydrogen) atoms. The molecular weight excluding hydrogens is 194 g/mol. The Kier molecular flexibility index (Phi) is 3.11. The van der Waals surface area contributed by atoms with Crippen molar-refractivity contribution in [3.05, 3.63) is 29.8 Å². The minimum Gasteiger partial charge on any atom is -0.481 e. The summed E-state index contributed by atoms with van der Waals surface area (Å²) in [4.78, 5) is 0.360. The number of ether oxygens (including phenoxy) is 1. The molecule has 0 unspecified atom stereocenters. The van der Waals surface area contributed by atoms with Crippen molar-refractivity contribution in [1.82, 2.24) is 0 Å². The van der Waals surface area contributed by atoms with Gasteiger partial charge in [-0.1, -0.05) is 24.4 Å². The van der Waals surface area contributed by atoms with E-state index in [0.29, 0.717) is 4.99 Å². The van der Waals surface area contributed by atoms with Crippen molar-refractivity contribution in [3.63, 3.8) is 0 Å². The van der Waals surface area contributed by atoms with Crippen molar-refractivity contribution in [3.8, 4) is 5.75 Å². The smallest absolute Gasteiger partial charge is 0.153 e. The molecule has 1 aromatic rings. The number of nitrogens with two attached hydrogens (primary N) is 1. The minimum absolute atomic E-state index is 0.360. The predicted octanol–water partition coefficient (Wildman–Crippen LogP) is 2.44. The maximum Gasteiger partial charge on any atom is 0.153 e. The Bertz CT molecular complexity index is 347. The van der Waals surface area contributed by atoms with Crippen LogP contribution in [0.1, 0.15) is 19.4 Å². The zero-order chi connectivity index (χ0) is 10.8. The summed E-state index contributed by atoms with van der Waals surface area (Å²) in [6.07, 6.45) is 0. The van der Waals surface area contributed by atoms with Gasteiger partial charge < -0.3 is 10.5 Å². The molecule has 2 nitrogen and oxygen atoms in total. The van der Waals surface area contributed by atoms with Crippen LogP contribution in [0.5, 0.6) is 5.75 Å². The van der Waals surface area contributed by atoms with E-state index in [0.717, 1.165) is 11.3 Å². The lowest BCUT2D eigenvalue weighted by atomic mass is 10.1. The van der Waals surface area contributed by atoms with Crippen LogP contribution in [-0.2, 0) is 0 Å². The Morgan fingerprint density at radius 1 is 1.43 bits per heavy atom. The van der Waals surface area contributed by atoms with Crippen LogP contribution in [0.3, 0.4) is 0 Å². The molecule has 76 valence electrons. The minimum atomic E-state index is -0.594. The highest BCUT2D eigenvalue weighted by Gasteiger charge is 2.23. The molecule has 0 aliphatic carbocycles. The van der Waals surface area contributed by atoms with Gasteiger partial charge >= 0.3 is 0 Å². The molecule has 0 amide bonds. The van der Waals surface area contributed by atoms with E-state index in [9.17, 15) is 0 Å². The van der Waals surface area contributed by atoms with Crippen molar-refractivity contribution in [2.75, 3.05) is 0 Å². The second-order valence-corrected chi connectivity index (χ2v) is 4.23. The third kappa shape index (κ3) is 2.70. The van der Waals surface area contributed by atoms with Crippen LogP contribution in [0.25, 0.3) is 0 Å². The van der Waals surface area contributed by atoms with E-state index in [-0.39, 0.29) is 0 Å². The van der Waals surface area contributed by atoms with Gasteiger partial charge in [-0.05, 0) is 38.5 Å². The van der Waals surface area contributed by atoms with Gasteiger partial charge in [0.15, 0.2) is 5.60 Å². The molecule has 0 radical (unpaired) electrons. The first kappa shape index (κ1) is 11.0. The normalized spacial score (nSPS) is 11.1. The summed E-state index contributed by atoms with van der Waals surface area (Å²) in [6, 6.07) is 7.81. The second-order valence-electron chi connectivity index (χ2n) is 3.79. The average Bonchev–Trinajstić information content (AvgIpc) is 2.02. The summed E-state index contributed by atoms with van der Waals surface area (Å²) in [7, 11) is 0. The van der Waals surface area contributed by atoms with Gasteiger partial charge in [-0.25, -0.2) is 0 Å². The molecule has 0 heterocycles. The Labute approximate surface area is 90.1 Å². The topological polar surface area (TPSA) is 35.2 Å². The second kappa shape index (κ2) is 3.96. The predicted molar refractivity (Wildman–Crippen MR) is 62.7 cm³/mol. The maximum atomic E-state index is 5.68. The monoisotopic (exact) mass is 209 g/mol. The molecule has 0 saturated heterocycles. The Morgan fingerprint density at radius 2 is 2.07 bits per heavy atom. The molecule has 3 heteroatoms. The fourth-order valence-electron chi connectivity index (χ4n) is 1.02. The molecule has 0 aliphatic rings. The van der Waals surface area contributed by atoms with E-state index in [1.165, 1.54) is 0 Å². The van der Waals surface area contributed by atoms with E-state index in [4.69, 9.17) is 22.7 Å². The first-order valence-electron chi connectivity index (χ1n) is 4.47. The Morgan fingerprint density at radius 3 is 2.57 bits per heavy atom. The summed E-state index contributed by atoms with van der Waals surface area (Å²) in [6.45, 7) is 5.73. The van der Waals surface area contributed by atoms with E-state index in [2.05, 4.69) is 0 Å². The van der Waals surface area contributed by atoms with Crippen LogP contribution < -0.4 is 10.5 Å². The van der Waals surface area contributed by atoms with E-state index in [1.54, 1.807) is 0 Å². The van der Waals surface area contributed by atoms with Crippen LogP contribution in [0.2, 0.25) is 0 Å². The standard InChI is InChI=1S/C11H15NOS/c1-8-5-4-6-9(7-8)13-11(2,3)10(12)14/h4-7H,1-3H3,(H2,12,14). The van der Waals surface area contributed by atoms with Crippen molar-refractivity contribution in [2.24, 2.45) is 5.73 Å². The number of benzene rings is 1. The van der Waals surface area contributed by atoms with Crippen molar-refractivity contribution in [1.29, 1.82) is 0 Å². The van der Waals surface area contributed by atoms with Gasteiger partial charge in [-0.2, -0.15) is 0 Å². The van der Waals surface area contributed by atoms with Crippen molar-refractivity contribution in [2.45, 2.75) is 26.4 Å². The summed E-state index contributed by atoms with van der Waals surface area (Å²) in [5.41, 5.74) is 6.12. The number of hydrogen-bond donors (Lipinski definition) is 1. The average molecular weight is 209 g/mol. The Balaban J connectivity index is 2.83. The first-order valence-corrected chi connectivity index (χ1v) is 4.88. The van der Waals surface area contributed by atoms with Crippen LogP contribution in [0.4, 0.5) is 0 Å². The van der Waals surface area contributed by atoms with Crippen LogP contribution >= 0.6 is 12.2 Å².